The first-order valence-electron chi connectivity index (χ1n) is 5.99. The maximum atomic E-state index is 11.7. The SMILES string of the molecule is C=C(C(=O)OCC(C)C)C(O)c1cccc(C#N)c1. The van der Waals surface area contributed by atoms with E-state index in [4.69, 9.17) is 10.00 Å². The van der Waals surface area contributed by atoms with E-state index < -0.39 is 12.1 Å². The molecule has 0 saturated carbocycles. The van der Waals surface area contributed by atoms with Crippen molar-refractivity contribution in [3.8, 4) is 6.07 Å². The van der Waals surface area contributed by atoms with Gasteiger partial charge in [0.2, 0.25) is 0 Å². The number of aliphatic hydroxyl groups excluding tert-OH is 1. The Bertz CT molecular complexity index is 514. The van der Waals surface area contributed by atoms with Crippen molar-refractivity contribution in [1.29, 1.82) is 5.26 Å². The molecule has 1 atom stereocenters. The minimum atomic E-state index is -1.16. The van der Waals surface area contributed by atoms with Crippen molar-refractivity contribution in [2.75, 3.05) is 6.61 Å². The molecule has 1 rings (SSSR count). The van der Waals surface area contributed by atoms with E-state index in [9.17, 15) is 9.90 Å². The van der Waals surface area contributed by atoms with Gasteiger partial charge in [-0.3, -0.25) is 0 Å². The zero-order valence-corrected chi connectivity index (χ0v) is 11.1. The average molecular weight is 259 g/mol. The lowest BCUT2D eigenvalue weighted by atomic mass is 10.0. The number of hydrogen-bond donors (Lipinski definition) is 1. The number of nitrogens with zero attached hydrogens (tertiary/aromatic N) is 1. The predicted molar refractivity (Wildman–Crippen MR) is 71.1 cm³/mol. The van der Waals surface area contributed by atoms with Crippen LogP contribution in [0.1, 0.15) is 31.1 Å². The Morgan fingerprint density at radius 2 is 2.21 bits per heavy atom. The van der Waals surface area contributed by atoms with Crippen LogP contribution >= 0.6 is 0 Å². The first kappa shape index (κ1) is 14.9. The number of rotatable bonds is 5. The largest absolute Gasteiger partial charge is 0.462 e. The van der Waals surface area contributed by atoms with Crippen LogP contribution in [0.3, 0.4) is 0 Å². The Hall–Kier alpha value is -2.12. The van der Waals surface area contributed by atoms with Gasteiger partial charge in [-0.05, 0) is 23.6 Å². The summed E-state index contributed by atoms with van der Waals surface area (Å²) in [7, 11) is 0. The second-order valence-electron chi connectivity index (χ2n) is 4.66. The van der Waals surface area contributed by atoms with Crippen LogP contribution in [-0.2, 0) is 9.53 Å². The lowest BCUT2D eigenvalue weighted by Gasteiger charge is -2.14. The maximum Gasteiger partial charge on any atom is 0.336 e. The minimum absolute atomic E-state index is 0.0317. The van der Waals surface area contributed by atoms with Gasteiger partial charge in [0.05, 0.1) is 23.8 Å². The van der Waals surface area contributed by atoms with Gasteiger partial charge >= 0.3 is 5.97 Å². The molecule has 19 heavy (non-hydrogen) atoms. The Morgan fingerprint density at radius 3 is 2.79 bits per heavy atom. The van der Waals surface area contributed by atoms with Gasteiger partial charge in [0.1, 0.15) is 6.10 Å². The molecule has 1 aromatic carbocycles. The average Bonchev–Trinajstić information content (AvgIpc) is 2.43. The molecule has 1 unspecified atom stereocenters. The molecule has 0 aliphatic rings. The van der Waals surface area contributed by atoms with Gasteiger partial charge in [-0.25, -0.2) is 4.79 Å². The molecule has 0 fully saturated rings. The van der Waals surface area contributed by atoms with E-state index in [-0.39, 0.29) is 18.1 Å². The Morgan fingerprint density at radius 1 is 1.53 bits per heavy atom. The lowest BCUT2D eigenvalue weighted by molar-refractivity contribution is -0.141. The summed E-state index contributed by atoms with van der Waals surface area (Å²) in [5.41, 5.74) is 0.834. The van der Waals surface area contributed by atoms with Crippen molar-refractivity contribution in [1.82, 2.24) is 0 Å². The number of benzene rings is 1. The Kier molecular flexibility index (Phi) is 5.28. The molecule has 0 aliphatic carbocycles. The summed E-state index contributed by atoms with van der Waals surface area (Å²) in [6.45, 7) is 7.68. The molecule has 1 aromatic rings. The quantitative estimate of drug-likeness (QED) is 0.651. The number of carbonyl (C=O) groups excluding carboxylic acids is 1. The van der Waals surface area contributed by atoms with Gasteiger partial charge in [-0.1, -0.05) is 32.6 Å². The van der Waals surface area contributed by atoms with Gasteiger partial charge < -0.3 is 9.84 Å². The van der Waals surface area contributed by atoms with E-state index in [0.717, 1.165) is 0 Å². The van der Waals surface area contributed by atoms with Gasteiger partial charge in [0.25, 0.3) is 0 Å². The van der Waals surface area contributed by atoms with Crippen molar-refractivity contribution in [2.45, 2.75) is 20.0 Å². The number of hydrogen-bond acceptors (Lipinski definition) is 4. The molecule has 0 aromatic heterocycles. The highest BCUT2D eigenvalue weighted by Crippen LogP contribution is 2.22. The molecule has 0 spiro atoms. The Labute approximate surface area is 112 Å². The third-order valence-electron chi connectivity index (χ3n) is 2.47. The predicted octanol–water partition coefficient (Wildman–Crippen LogP) is 2.35. The molecular formula is C15H17NO3. The molecule has 0 aliphatic heterocycles. The van der Waals surface area contributed by atoms with Crippen LogP contribution in [0.15, 0.2) is 36.4 Å². The summed E-state index contributed by atoms with van der Waals surface area (Å²) in [5, 5.41) is 18.8. The standard InChI is InChI=1S/C15H17NO3/c1-10(2)9-19-15(18)11(3)14(17)13-6-4-5-12(7-13)8-16/h4-7,10,14,17H,3,9H2,1-2H3. The molecular weight excluding hydrogens is 242 g/mol. The normalized spacial score (nSPS) is 11.7. The zero-order chi connectivity index (χ0) is 14.4. The lowest BCUT2D eigenvalue weighted by Crippen LogP contribution is -2.16. The van der Waals surface area contributed by atoms with Crippen LogP contribution in [0.5, 0.6) is 0 Å². The first-order chi connectivity index (χ1) is 8.95. The van der Waals surface area contributed by atoms with E-state index >= 15 is 0 Å². The summed E-state index contributed by atoms with van der Waals surface area (Å²) in [6.07, 6.45) is -1.16. The smallest absolute Gasteiger partial charge is 0.336 e. The molecule has 100 valence electrons. The molecule has 0 bridgehead atoms. The number of nitriles is 1. The second kappa shape index (κ2) is 6.72. The summed E-state index contributed by atoms with van der Waals surface area (Å²) < 4.78 is 5.00. The monoisotopic (exact) mass is 259 g/mol. The fourth-order valence-electron chi connectivity index (χ4n) is 1.43. The molecule has 0 saturated heterocycles. The van der Waals surface area contributed by atoms with Crippen molar-refractivity contribution in [3.05, 3.63) is 47.5 Å². The van der Waals surface area contributed by atoms with Crippen LogP contribution in [0.2, 0.25) is 0 Å². The number of esters is 1. The van der Waals surface area contributed by atoms with Crippen molar-refractivity contribution in [3.63, 3.8) is 0 Å². The number of aliphatic hydroxyl groups is 1. The fraction of sp³-hybridized carbons (Fsp3) is 0.333. The third kappa shape index (κ3) is 4.23. The molecule has 4 nitrogen and oxygen atoms in total. The molecule has 0 amide bonds. The Balaban J connectivity index is 2.76. The summed E-state index contributed by atoms with van der Waals surface area (Å²) in [5.74, 6) is -0.403. The van der Waals surface area contributed by atoms with Gasteiger partial charge in [0.15, 0.2) is 0 Å². The van der Waals surface area contributed by atoms with Crippen molar-refractivity contribution < 1.29 is 14.6 Å². The van der Waals surface area contributed by atoms with Crippen molar-refractivity contribution in [2.24, 2.45) is 5.92 Å². The minimum Gasteiger partial charge on any atom is -0.462 e. The number of ether oxygens (including phenoxy) is 1. The molecule has 1 N–H and O–H groups in total. The fourth-order valence-corrected chi connectivity index (χ4v) is 1.43. The van der Waals surface area contributed by atoms with Gasteiger partial charge in [0, 0.05) is 0 Å². The molecule has 4 heteroatoms. The molecule has 0 radical (unpaired) electrons. The second-order valence-corrected chi connectivity index (χ2v) is 4.66. The van der Waals surface area contributed by atoms with E-state index in [1.54, 1.807) is 18.2 Å². The van der Waals surface area contributed by atoms with Crippen LogP contribution in [-0.4, -0.2) is 17.7 Å². The summed E-state index contributed by atoms with van der Waals surface area (Å²) in [4.78, 5) is 11.7. The topological polar surface area (TPSA) is 70.3 Å². The summed E-state index contributed by atoms with van der Waals surface area (Å²) >= 11 is 0. The highest BCUT2D eigenvalue weighted by Gasteiger charge is 2.20. The van der Waals surface area contributed by atoms with Crippen molar-refractivity contribution >= 4 is 5.97 Å². The van der Waals surface area contributed by atoms with Gasteiger partial charge in [-0.2, -0.15) is 5.26 Å². The number of carbonyl (C=O) groups is 1. The van der Waals surface area contributed by atoms with E-state index in [1.165, 1.54) is 6.07 Å². The zero-order valence-electron chi connectivity index (χ0n) is 11.1. The molecule has 0 heterocycles. The van der Waals surface area contributed by atoms with Crippen LogP contribution in [0.4, 0.5) is 0 Å². The van der Waals surface area contributed by atoms with E-state index in [1.807, 2.05) is 19.9 Å². The highest BCUT2D eigenvalue weighted by atomic mass is 16.5. The van der Waals surface area contributed by atoms with E-state index in [2.05, 4.69) is 6.58 Å². The summed E-state index contributed by atoms with van der Waals surface area (Å²) in [6, 6.07) is 8.39. The van der Waals surface area contributed by atoms with Crippen LogP contribution < -0.4 is 0 Å². The first-order valence-corrected chi connectivity index (χ1v) is 5.99. The highest BCUT2D eigenvalue weighted by molar-refractivity contribution is 5.89. The van der Waals surface area contributed by atoms with Crippen LogP contribution in [0, 0.1) is 17.2 Å². The van der Waals surface area contributed by atoms with Crippen LogP contribution in [0.25, 0.3) is 0 Å². The van der Waals surface area contributed by atoms with E-state index in [0.29, 0.717) is 11.1 Å². The van der Waals surface area contributed by atoms with Gasteiger partial charge in [-0.15, -0.1) is 0 Å². The maximum absolute atomic E-state index is 11.7. The third-order valence-corrected chi connectivity index (χ3v) is 2.47.